The van der Waals surface area contributed by atoms with Gasteiger partial charge >= 0.3 is 0 Å². The third-order valence-corrected chi connectivity index (χ3v) is 1.93. The Labute approximate surface area is 89.8 Å². The van der Waals surface area contributed by atoms with Crippen molar-refractivity contribution < 1.29 is 9.84 Å². The van der Waals surface area contributed by atoms with Gasteiger partial charge in [0.1, 0.15) is 0 Å². The number of aliphatic imine (C=N–C) groups is 1. The van der Waals surface area contributed by atoms with Crippen LogP contribution in [0.1, 0.15) is 5.56 Å². The van der Waals surface area contributed by atoms with E-state index in [1.54, 1.807) is 18.5 Å². The topological polar surface area (TPSA) is 45.1 Å². The standard InChI is InChI=1S/C11H16N2O2/c1-8-5-10(14)11(15-4)6-9(8)12-7-13(2)3/h5-7,14H,1-4H3. The van der Waals surface area contributed by atoms with Crippen LogP contribution in [0, 0.1) is 6.92 Å². The molecule has 0 atom stereocenters. The Morgan fingerprint density at radius 3 is 2.60 bits per heavy atom. The van der Waals surface area contributed by atoms with Gasteiger partial charge in [0, 0.05) is 20.2 Å². The molecule has 0 aliphatic carbocycles. The minimum atomic E-state index is 0.138. The highest BCUT2D eigenvalue weighted by atomic mass is 16.5. The fourth-order valence-corrected chi connectivity index (χ4v) is 1.14. The largest absolute Gasteiger partial charge is 0.504 e. The summed E-state index contributed by atoms with van der Waals surface area (Å²) in [6, 6.07) is 3.35. The molecule has 15 heavy (non-hydrogen) atoms. The molecule has 0 saturated carbocycles. The molecule has 0 unspecified atom stereocenters. The number of phenolic OH excluding ortho intramolecular Hbond substituents is 1. The molecule has 1 aromatic rings. The maximum absolute atomic E-state index is 9.51. The van der Waals surface area contributed by atoms with Crippen LogP contribution in [0.3, 0.4) is 0 Å². The highest BCUT2D eigenvalue weighted by Gasteiger charge is 2.05. The number of aryl methyl sites for hydroxylation is 1. The first kappa shape index (κ1) is 11.4. The first-order chi connectivity index (χ1) is 7.04. The number of ether oxygens (including phenoxy) is 1. The van der Waals surface area contributed by atoms with Gasteiger partial charge < -0.3 is 14.7 Å². The summed E-state index contributed by atoms with van der Waals surface area (Å²) in [5, 5.41) is 9.51. The van der Waals surface area contributed by atoms with Gasteiger partial charge in [-0.25, -0.2) is 4.99 Å². The smallest absolute Gasteiger partial charge is 0.162 e. The molecule has 1 aromatic carbocycles. The Balaban J connectivity index is 3.07. The normalized spacial score (nSPS) is 10.7. The molecule has 0 heterocycles. The first-order valence-electron chi connectivity index (χ1n) is 4.63. The number of benzene rings is 1. The van der Waals surface area contributed by atoms with E-state index < -0.39 is 0 Å². The van der Waals surface area contributed by atoms with Gasteiger partial charge in [0.15, 0.2) is 11.5 Å². The lowest BCUT2D eigenvalue weighted by Crippen LogP contribution is -2.07. The fourth-order valence-electron chi connectivity index (χ4n) is 1.14. The minimum Gasteiger partial charge on any atom is -0.504 e. The van der Waals surface area contributed by atoms with E-state index in [0.717, 1.165) is 11.3 Å². The molecule has 0 saturated heterocycles. The predicted molar refractivity (Wildman–Crippen MR) is 61.2 cm³/mol. The van der Waals surface area contributed by atoms with E-state index >= 15 is 0 Å². The van der Waals surface area contributed by atoms with E-state index in [0.29, 0.717) is 5.75 Å². The molecule has 0 aromatic heterocycles. The van der Waals surface area contributed by atoms with E-state index in [1.165, 1.54) is 7.11 Å². The molecule has 82 valence electrons. The molecular formula is C11H16N2O2. The van der Waals surface area contributed by atoms with Crippen LogP contribution in [-0.2, 0) is 0 Å². The predicted octanol–water partition coefficient (Wildman–Crippen LogP) is 1.93. The first-order valence-corrected chi connectivity index (χ1v) is 4.63. The number of hydrogen-bond acceptors (Lipinski definition) is 3. The van der Waals surface area contributed by atoms with E-state index in [2.05, 4.69) is 4.99 Å². The summed E-state index contributed by atoms with van der Waals surface area (Å²) in [4.78, 5) is 6.11. The number of hydrogen-bond donors (Lipinski definition) is 1. The van der Waals surface area contributed by atoms with Crippen molar-refractivity contribution in [2.24, 2.45) is 4.99 Å². The van der Waals surface area contributed by atoms with Crippen molar-refractivity contribution >= 4 is 12.0 Å². The van der Waals surface area contributed by atoms with E-state index in [-0.39, 0.29) is 5.75 Å². The fraction of sp³-hybridized carbons (Fsp3) is 0.364. The second-order valence-corrected chi connectivity index (χ2v) is 3.52. The Hall–Kier alpha value is -1.71. The van der Waals surface area contributed by atoms with Crippen molar-refractivity contribution in [2.75, 3.05) is 21.2 Å². The number of phenols is 1. The average Bonchev–Trinajstić information content (AvgIpc) is 2.16. The quantitative estimate of drug-likeness (QED) is 0.609. The van der Waals surface area contributed by atoms with Crippen LogP contribution in [0.4, 0.5) is 5.69 Å². The van der Waals surface area contributed by atoms with E-state index in [1.807, 2.05) is 25.9 Å². The van der Waals surface area contributed by atoms with Crippen molar-refractivity contribution in [1.82, 2.24) is 4.90 Å². The maximum Gasteiger partial charge on any atom is 0.162 e. The molecule has 1 rings (SSSR count). The van der Waals surface area contributed by atoms with Crippen molar-refractivity contribution in [3.63, 3.8) is 0 Å². The lowest BCUT2D eigenvalue weighted by molar-refractivity contribution is 0.373. The zero-order chi connectivity index (χ0) is 11.4. The van der Waals surface area contributed by atoms with Gasteiger partial charge in [-0.1, -0.05) is 0 Å². The minimum absolute atomic E-state index is 0.138. The molecule has 0 radical (unpaired) electrons. The molecule has 0 aliphatic heterocycles. The molecule has 0 fully saturated rings. The average molecular weight is 208 g/mol. The van der Waals surface area contributed by atoms with Crippen LogP contribution in [0.25, 0.3) is 0 Å². The van der Waals surface area contributed by atoms with E-state index in [4.69, 9.17) is 4.74 Å². The Morgan fingerprint density at radius 2 is 2.07 bits per heavy atom. The van der Waals surface area contributed by atoms with Gasteiger partial charge in [-0.15, -0.1) is 0 Å². The Morgan fingerprint density at radius 1 is 1.40 bits per heavy atom. The van der Waals surface area contributed by atoms with Crippen LogP contribution in [0.2, 0.25) is 0 Å². The van der Waals surface area contributed by atoms with Crippen molar-refractivity contribution in [3.8, 4) is 11.5 Å². The molecule has 0 amide bonds. The number of rotatable bonds is 3. The Kier molecular flexibility index (Phi) is 3.55. The summed E-state index contributed by atoms with van der Waals surface area (Å²) < 4.78 is 5.01. The lowest BCUT2D eigenvalue weighted by atomic mass is 10.2. The van der Waals surface area contributed by atoms with Gasteiger partial charge in [-0.05, 0) is 18.6 Å². The molecule has 0 aliphatic rings. The monoisotopic (exact) mass is 208 g/mol. The van der Waals surface area contributed by atoms with Crippen molar-refractivity contribution in [3.05, 3.63) is 17.7 Å². The van der Waals surface area contributed by atoms with Crippen LogP contribution in [0.5, 0.6) is 11.5 Å². The van der Waals surface area contributed by atoms with Crippen LogP contribution < -0.4 is 4.74 Å². The summed E-state index contributed by atoms with van der Waals surface area (Å²) >= 11 is 0. The maximum atomic E-state index is 9.51. The molecule has 0 bridgehead atoms. The summed E-state index contributed by atoms with van der Waals surface area (Å²) in [5.41, 5.74) is 1.70. The Bertz CT molecular complexity index is 373. The van der Waals surface area contributed by atoms with Crippen molar-refractivity contribution in [1.29, 1.82) is 0 Å². The van der Waals surface area contributed by atoms with Crippen molar-refractivity contribution in [2.45, 2.75) is 6.92 Å². The highest BCUT2D eigenvalue weighted by molar-refractivity contribution is 5.65. The third kappa shape index (κ3) is 2.87. The molecule has 4 heteroatoms. The number of aromatic hydroxyl groups is 1. The summed E-state index contributed by atoms with van der Waals surface area (Å²) in [5.74, 6) is 0.574. The van der Waals surface area contributed by atoms with Gasteiger partial charge in [-0.2, -0.15) is 0 Å². The van der Waals surface area contributed by atoms with E-state index in [9.17, 15) is 5.11 Å². The zero-order valence-electron chi connectivity index (χ0n) is 9.48. The summed E-state index contributed by atoms with van der Waals surface area (Å²) in [6.45, 7) is 1.89. The second-order valence-electron chi connectivity index (χ2n) is 3.52. The summed E-state index contributed by atoms with van der Waals surface area (Å²) in [7, 11) is 5.32. The molecular weight excluding hydrogens is 192 g/mol. The molecule has 0 spiro atoms. The van der Waals surface area contributed by atoms with Gasteiger partial charge in [0.25, 0.3) is 0 Å². The lowest BCUT2D eigenvalue weighted by Gasteiger charge is -2.08. The molecule has 1 N–H and O–H groups in total. The SMILES string of the molecule is COc1cc(N=CN(C)C)c(C)cc1O. The van der Waals surface area contributed by atoms with Crippen LogP contribution in [-0.4, -0.2) is 37.6 Å². The number of methoxy groups -OCH3 is 1. The molecule has 4 nitrogen and oxygen atoms in total. The summed E-state index contributed by atoms with van der Waals surface area (Å²) in [6.07, 6.45) is 1.71. The third-order valence-electron chi connectivity index (χ3n) is 1.93. The van der Waals surface area contributed by atoms with Crippen LogP contribution >= 0.6 is 0 Å². The van der Waals surface area contributed by atoms with Crippen LogP contribution in [0.15, 0.2) is 17.1 Å². The van der Waals surface area contributed by atoms with Gasteiger partial charge in [0.2, 0.25) is 0 Å². The highest BCUT2D eigenvalue weighted by Crippen LogP contribution is 2.33. The number of nitrogens with zero attached hydrogens (tertiary/aromatic N) is 2. The second kappa shape index (κ2) is 4.68. The van der Waals surface area contributed by atoms with Gasteiger partial charge in [-0.3, -0.25) is 0 Å². The van der Waals surface area contributed by atoms with Gasteiger partial charge in [0.05, 0.1) is 19.1 Å². The zero-order valence-corrected chi connectivity index (χ0v) is 9.48.